The first-order valence-electron chi connectivity index (χ1n) is 5.58. The van der Waals surface area contributed by atoms with E-state index in [-0.39, 0.29) is 5.82 Å². The third kappa shape index (κ3) is 2.07. The molecule has 0 radical (unpaired) electrons. The Bertz CT molecular complexity index is 581. The van der Waals surface area contributed by atoms with Crippen LogP contribution in [0.15, 0.2) is 12.1 Å². The normalized spacial score (nSPS) is 11.1. The number of rotatable bonds is 2. The molecular formula is C13H14ClFN2. The molecule has 1 aromatic heterocycles. The van der Waals surface area contributed by atoms with E-state index in [4.69, 9.17) is 17.3 Å². The van der Waals surface area contributed by atoms with E-state index < -0.39 is 0 Å². The summed E-state index contributed by atoms with van der Waals surface area (Å²) in [5.41, 5.74) is 7.95. The average Bonchev–Trinajstić information content (AvgIpc) is 2.28. The number of halogens is 2. The van der Waals surface area contributed by atoms with Crippen molar-refractivity contribution in [2.24, 2.45) is 0 Å². The van der Waals surface area contributed by atoms with Gasteiger partial charge in [0.05, 0.1) is 10.5 Å². The third-order valence-electron chi connectivity index (χ3n) is 2.90. The molecule has 2 nitrogen and oxygen atoms in total. The topological polar surface area (TPSA) is 38.9 Å². The van der Waals surface area contributed by atoms with Crippen molar-refractivity contribution in [2.75, 3.05) is 5.73 Å². The third-order valence-corrected chi connectivity index (χ3v) is 3.18. The summed E-state index contributed by atoms with van der Waals surface area (Å²) in [5.74, 6) is 0.170. The molecule has 2 aromatic rings. The summed E-state index contributed by atoms with van der Waals surface area (Å²) in [6.07, 6.45) is 1.81. The van der Waals surface area contributed by atoms with Crippen LogP contribution in [0, 0.1) is 12.7 Å². The van der Waals surface area contributed by atoms with E-state index in [0.29, 0.717) is 21.9 Å². The fraction of sp³-hybridized carbons (Fsp3) is 0.308. The largest absolute Gasteiger partial charge is 0.383 e. The lowest BCUT2D eigenvalue weighted by molar-refractivity contribution is 0.621. The summed E-state index contributed by atoms with van der Waals surface area (Å²) in [7, 11) is 0. The Labute approximate surface area is 105 Å². The highest BCUT2D eigenvalue weighted by Gasteiger charge is 2.12. The van der Waals surface area contributed by atoms with Gasteiger partial charge in [0.1, 0.15) is 11.6 Å². The first kappa shape index (κ1) is 12.1. The SMILES string of the molecule is CCCc1cc2c(C)c(F)cc(Cl)c2nc1N. The predicted molar refractivity (Wildman–Crippen MR) is 69.9 cm³/mol. The number of benzene rings is 1. The number of fused-ring (bicyclic) bond motifs is 1. The van der Waals surface area contributed by atoms with Gasteiger partial charge in [0, 0.05) is 5.39 Å². The first-order valence-corrected chi connectivity index (χ1v) is 5.96. The van der Waals surface area contributed by atoms with Gasteiger partial charge in [-0.25, -0.2) is 9.37 Å². The molecule has 0 fully saturated rings. The number of anilines is 1. The Balaban J connectivity index is 2.79. The molecule has 0 aliphatic heterocycles. The molecule has 2 N–H and O–H groups in total. The molecule has 0 bridgehead atoms. The lowest BCUT2D eigenvalue weighted by atomic mass is 10.0. The molecule has 17 heavy (non-hydrogen) atoms. The summed E-state index contributed by atoms with van der Waals surface area (Å²) < 4.78 is 13.6. The van der Waals surface area contributed by atoms with Crippen LogP contribution in [0.2, 0.25) is 5.02 Å². The Morgan fingerprint density at radius 2 is 2.12 bits per heavy atom. The maximum absolute atomic E-state index is 13.6. The van der Waals surface area contributed by atoms with Gasteiger partial charge in [0.2, 0.25) is 0 Å². The number of nitrogen functional groups attached to an aromatic ring is 1. The highest BCUT2D eigenvalue weighted by Crippen LogP contribution is 2.30. The molecule has 2 rings (SSSR count). The summed E-state index contributed by atoms with van der Waals surface area (Å²) in [6.45, 7) is 3.79. The van der Waals surface area contributed by atoms with Crippen molar-refractivity contribution in [1.29, 1.82) is 0 Å². The zero-order chi connectivity index (χ0) is 12.6. The standard InChI is InChI=1S/C13H14ClFN2/c1-3-4-8-5-9-7(2)11(15)6-10(14)12(9)17-13(8)16/h5-6H,3-4H2,1-2H3,(H2,16,17). The molecule has 1 aromatic carbocycles. The van der Waals surface area contributed by atoms with Crippen molar-refractivity contribution in [1.82, 2.24) is 4.98 Å². The van der Waals surface area contributed by atoms with Crippen LogP contribution in [0.3, 0.4) is 0 Å². The van der Waals surface area contributed by atoms with Crippen LogP contribution < -0.4 is 5.73 Å². The van der Waals surface area contributed by atoms with Crippen molar-refractivity contribution in [2.45, 2.75) is 26.7 Å². The van der Waals surface area contributed by atoms with Crippen LogP contribution in [0.1, 0.15) is 24.5 Å². The van der Waals surface area contributed by atoms with Gasteiger partial charge in [-0.3, -0.25) is 0 Å². The Kier molecular flexibility index (Phi) is 3.20. The van der Waals surface area contributed by atoms with Crippen LogP contribution in [-0.2, 0) is 6.42 Å². The fourth-order valence-electron chi connectivity index (χ4n) is 1.92. The Morgan fingerprint density at radius 3 is 2.76 bits per heavy atom. The van der Waals surface area contributed by atoms with Crippen molar-refractivity contribution in [3.05, 3.63) is 34.1 Å². The van der Waals surface area contributed by atoms with Crippen LogP contribution >= 0.6 is 11.6 Å². The van der Waals surface area contributed by atoms with Crippen molar-refractivity contribution in [3.63, 3.8) is 0 Å². The summed E-state index contributed by atoms with van der Waals surface area (Å²) in [5, 5.41) is 1.05. The van der Waals surface area contributed by atoms with Gasteiger partial charge in [0.25, 0.3) is 0 Å². The number of aryl methyl sites for hydroxylation is 2. The van der Waals surface area contributed by atoms with E-state index in [1.54, 1.807) is 6.92 Å². The lowest BCUT2D eigenvalue weighted by Crippen LogP contribution is -2.00. The molecule has 0 spiro atoms. The smallest absolute Gasteiger partial charge is 0.128 e. The Morgan fingerprint density at radius 1 is 1.41 bits per heavy atom. The molecule has 0 unspecified atom stereocenters. The van der Waals surface area contributed by atoms with Crippen LogP contribution in [0.4, 0.5) is 10.2 Å². The molecule has 4 heteroatoms. The lowest BCUT2D eigenvalue weighted by Gasteiger charge is -2.10. The molecular weight excluding hydrogens is 239 g/mol. The van der Waals surface area contributed by atoms with Gasteiger partial charge in [0.15, 0.2) is 0 Å². The predicted octanol–water partition coefficient (Wildman–Crippen LogP) is 3.87. The van der Waals surface area contributed by atoms with E-state index in [0.717, 1.165) is 23.8 Å². The molecule has 0 saturated carbocycles. The minimum Gasteiger partial charge on any atom is -0.383 e. The van der Waals surface area contributed by atoms with Gasteiger partial charge in [-0.15, -0.1) is 0 Å². The van der Waals surface area contributed by atoms with E-state index in [9.17, 15) is 4.39 Å². The second kappa shape index (κ2) is 4.49. The number of nitrogens with two attached hydrogens (primary N) is 1. The van der Waals surface area contributed by atoms with Crippen LogP contribution in [0.25, 0.3) is 10.9 Å². The molecule has 0 atom stereocenters. The second-order valence-electron chi connectivity index (χ2n) is 4.14. The highest BCUT2D eigenvalue weighted by atomic mass is 35.5. The minimum absolute atomic E-state index is 0.304. The van der Waals surface area contributed by atoms with Gasteiger partial charge < -0.3 is 5.73 Å². The number of pyridine rings is 1. The van der Waals surface area contributed by atoms with E-state index in [1.807, 2.05) is 6.07 Å². The zero-order valence-electron chi connectivity index (χ0n) is 9.85. The molecule has 1 heterocycles. The molecule has 0 saturated heterocycles. The maximum Gasteiger partial charge on any atom is 0.128 e. The first-order chi connectivity index (χ1) is 8.04. The molecule has 0 amide bonds. The summed E-state index contributed by atoms with van der Waals surface area (Å²) in [4.78, 5) is 4.27. The van der Waals surface area contributed by atoms with E-state index in [1.165, 1.54) is 6.07 Å². The summed E-state index contributed by atoms with van der Waals surface area (Å²) in [6, 6.07) is 3.18. The molecule has 90 valence electrons. The fourth-order valence-corrected chi connectivity index (χ4v) is 2.16. The number of hydrogen-bond acceptors (Lipinski definition) is 2. The second-order valence-corrected chi connectivity index (χ2v) is 4.55. The monoisotopic (exact) mass is 252 g/mol. The quantitative estimate of drug-likeness (QED) is 0.881. The van der Waals surface area contributed by atoms with E-state index in [2.05, 4.69) is 11.9 Å². The zero-order valence-corrected chi connectivity index (χ0v) is 10.6. The van der Waals surface area contributed by atoms with Gasteiger partial charge in [-0.05, 0) is 36.6 Å². The number of hydrogen-bond donors (Lipinski definition) is 1. The maximum atomic E-state index is 13.6. The minimum atomic E-state index is -0.309. The van der Waals surface area contributed by atoms with Crippen LogP contribution in [-0.4, -0.2) is 4.98 Å². The van der Waals surface area contributed by atoms with Crippen LogP contribution in [0.5, 0.6) is 0 Å². The highest BCUT2D eigenvalue weighted by molar-refractivity contribution is 6.35. The number of aromatic nitrogens is 1. The van der Waals surface area contributed by atoms with Crippen molar-refractivity contribution >= 4 is 28.3 Å². The van der Waals surface area contributed by atoms with Crippen molar-refractivity contribution < 1.29 is 4.39 Å². The molecule has 0 aliphatic carbocycles. The van der Waals surface area contributed by atoms with Gasteiger partial charge in [-0.2, -0.15) is 0 Å². The summed E-state index contributed by atoms with van der Waals surface area (Å²) >= 11 is 5.98. The van der Waals surface area contributed by atoms with Gasteiger partial charge in [-0.1, -0.05) is 24.9 Å². The molecule has 0 aliphatic rings. The van der Waals surface area contributed by atoms with Gasteiger partial charge >= 0.3 is 0 Å². The van der Waals surface area contributed by atoms with Crippen molar-refractivity contribution in [3.8, 4) is 0 Å². The average molecular weight is 253 g/mol. The Hall–Kier alpha value is -1.35. The number of nitrogens with zero attached hydrogens (tertiary/aromatic N) is 1. The van der Waals surface area contributed by atoms with E-state index >= 15 is 0 Å².